The fraction of sp³-hybridized carbons (Fsp3) is 0.486. The van der Waals surface area contributed by atoms with Crippen molar-refractivity contribution in [1.82, 2.24) is 24.8 Å². The molecule has 0 N–H and O–H groups in total. The summed E-state index contributed by atoms with van der Waals surface area (Å²) in [5.74, 6) is -1.20. The summed E-state index contributed by atoms with van der Waals surface area (Å²) in [6.07, 6.45) is 3.49. The number of benzene rings is 2. The van der Waals surface area contributed by atoms with Crippen molar-refractivity contribution in [2.24, 2.45) is 0 Å². The molecule has 0 unspecified atom stereocenters. The molecule has 9 nitrogen and oxygen atoms in total. The summed E-state index contributed by atoms with van der Waals surface area (Å²) in [5, 5.41) is 1.03. The maximum Gasteiger partial charge on any atom is 0.410 e. The number of carbonyl (C=O) groups is 1. The normalized spacial score (nSPS) is 20.9. The van der Waals surface area contributed by atoms with Gasteiger partial charge in [-0.3, -0.25) is 9.88 Å². The second-order valence-corrected chi connectivity index (χ2v) is 14.4. The van der Waals surface area contributed by atoms with E-state index in [1.165, 1.54) is 17.2 Å². The Balaban J connectivity index is 1.31. The van der Waals surface area contributed by atoms with Crippen LogP contribution in [-0.2, 0) is 4.74 Å². The van der Waals surface area contributed by atoms with E-state index in [2.05, 4.69) is 14.9 Å². The van der Waals surface area contributed by atoms with Gasteiger partial charge in [0.2, 0.25) is 0 Å². The van der Waals surface area contributed by atoms with Gasteiger partial charge in [0.1, 0.15) is 41.2 Å². The van der Waals surface area contributed by atoms with Crippen LogP contribution in [0.1, 0.15) is 46.5 Å². The topological polar surface area (TPSA) is 83.9 Å². The number of nitrogens with zero attached hydrogens (tertiary/aromatic N) is 6. The molecule has 0 spiro atoms. The number of amides is 1. The van der Waals surface area contributed by atoms with Crippen LogP contribution in [0.3, 0.4) is 0 Å². The minimum absolute atomic E-state index is 0.0282. The van der Waals surface area contributed by atoms with Gasteiger partial charge in [-0.2, -0.15) is 9.97 Å². The minimum atomic E-state index is -1.44. The molecule has 0 radical (unpaired) electrons. The van der Waals surface area contributed by atoms with Crippen molar-refractivity contribution < 1.29 is 27.4 Å². The van der Waals surface area contributed by atoms with E-state index < -0.39 is 35.5 Å². The van der Waals surface area contributed by atoms with Crippen molar-refractivity contribution in [3.05, 3.63) is 53.2 Å². The van der Waals surface area contributed by atoms with E-state index in [0.29, 0.717) is 22.9 Å². The average molecular weight is 683 g/mol. The standard InChI is InChI=1S/C35H38ClF3N6O3/c1-34(2,3)48-33(46)44-17-24(38)25(18-44)43(4)31-22-16-40-29(21-9-5-8-20-10-11-23(37)27(36)26(20)21)28(39)30(22)41-32(42-31)47-19-35-12-6-14-45(35)15-7-13-35/h5,8-11,16,24-25H,6-7,12-15,17-19H2,1-4H3/t24-,25-/m1/s1. The Morgan fingerprint density at radius 3 is 2.58 bits per heavy atom. The third-order valence-corrected chi connectivity index (χ3v) is 10.2. The van der Waals surface area contributed by atoms with Crippen molar-refractivity contribution in [3.8, 4) is 17.3 Å². The third kappa shape index (κ3) is 5.76. The third-order valence-electron chi connectivity index (χ3n) is 9.82. The van der Waals surface area contributed by atoms with Gasteiger partial charge in [-0.05, 0) is 71.0 Å². The van der Waals surface area contributed by atoms with Gasteiger partial charge in [0.25, 0.3) is 0 Å². The first-order chi connectivity index (χ1) is 22.8. The summed E-state index contributed by atoms with van der Waals surface area (Å²) in [4.78, 5) is 31.9. The van der Waals surface area contributed by atoms with Crippen LogP contribution in [-0.4, -0.2) is 94.0 Å². The second kappa shape index (κ2) is 12.2. The van der Waals surface area contributed by atoms with Crippen LogP contribution < -0.4 is 9.64 Å². The fourth-order valence-electron chi connectivity index (χ4n) is 7.45. The molecular formula is C35H38ClF3N6O3. The molecule has 5 heterocycles. The monoisotopic (exact) mass is 682 g/mol. The van der Waals surface area contributed by atoms with Gasteiger partial charge in [-0.15, -0.1) is 0 Å². The molecule has 2 aromatic carbocycles. The van der Waals surface area contributed by atoms with E-state index in [0.717, 1.165) is 38.8 Å². The summed E-state index contributed by atoms with van der Waals surface area (Å²) < 4.78 is 58.7. The van der Waals surface area contributed by atoms with Crippen LogP contribution >= 0.6 is 11.6 Å². The molecule has 1 amide bonds. The number of fused-ring (bicyclic) bond motifs is 3. The van der Waals surface area contributed by atoms with E-state index in [4.69, 9.17) is 26.1 Å². The van der Waals surface area contributed by atoms with E-state index >= 15 is 8.78 Å². The lowest BCUT2D eigenvalue weighted by Gasteiger charge is -2.32. The Bertz CT molecular complexity index is 1900. The molecular weight excluding hydrogens is 645 g/mol. The maximum absolute atomic E-state index is 16.8. The number of pyridine rings is 1. The minimum Gasteiger partial charge on any atom is -0.461 e. The summed E-state index contributed by atoms with van der Waals surface area (Å²) in [6.45, 7) is 7.45. The van der Waals surface area contributed by atoms with E-state index in [1.807, 2.05) is 0 Å². The first-order valence-electron chi connectivity index (χ1n) is 16.3. The molecule has 254 valence electrons. The second-order valence-electron chi connectivity index (χ2n) is 14.1. The summed E-state index contributed by atoms with van der Waals surface area (Å²) in [6, 6.07) is 7.08. The van der Waals surface area contributed by atoms with Crippen molar-refractivity contribution in [1.29, 1.82) is 0 Å². The molecule has 2 aromatic heterocycles. The Kier molecular flexibility index (Phi) is 8.30. The number of alkyl halides is 1. The van der Waals surface area contributed by atoms with Crippen LogP contribution in [0.15, 0.2) is 36.5 Å². The quantitative estimate of drug-likeness (QED) is 0.212. The maximum atomic E-state index is 16.8. The van der Waals surface area contributed by atoms with Crippen molar-refractivity contribution in [3.63, 3.8) is 0 Å². The van der Waals surface area contributed by atoms with Crippen LogP contribution in [0.25, 0.3) is 32.9 Å². The smallest absolute Gasteiger partial charge is 0.410 e. The average Bonchev–Trinajstić information content (AvgIpc) is 3.75. The highest BCUT2D eigenvalue weighted by molar-refractivity contribution is 6.36. The number of ether oxygens (including phenoxy) is 2. The molecule has 0 bridgehead atoms. The largest absolute Gasteiger partial charge is 0.461 e. The van der Waals surface area contributed by atoms with Gasteiger partial charge >= 0.3 is 12.1 Å². The first kappa shape index (κ1) is 32.6. The number of hydrogen-bond acceptors (Lipinski definition) is 8. The lowest BCUT2D eigenvalue weighted by Crippen LogP contribution is -2.43. The summed E-state index contributed by atoms with van der Waals surface area (Å²) in [7, 11) is 1.65. The highest BCUT2D eigenvalue weighted by Crippen LogP contribution is 2.41. The van der Waals surface area contributed by atoms with E-state index in [-0.39, 0.29) is 52.1 Å². The molecule has 3 aliphatic heterocycles. The van der Waals surface area contributed by atoms with Gasteiger partial charge in [0, 0.05) is 30.7 Å². The number of carbonyl (C=O) groups excluding carboxylic acids is 1. The fourth-order valence-corrected chi connectivity index (χ4v) is 7.73. The summed E-state index contributed by atoms with van der Waals surface area (Å²) in [5.41, 5.74) is -0.723. The Labute approximate surface area is 282 Å². The highest BCUT2D eigenvalue weighted by Gasteiger charge is 2.45. The Morgan fingerprint density at radius 2 is 1.85 bits per heavy atom. The zero-order valence-corrected chi connectivity index (χ0v) is 28.2. The van der Waals surface area contributed by atoms with E-state index in [9.17, 15) is 9.18 Å². The van der Waals surface area contributed by atoms with Crippen LogP contribution in [0.2, 0.25) is 5.02 Å². The molecule has 0 saturated carbocycles. The number of halogens is 4. The molecule has 3 saturated heterocycles. The van der Waals surface area contributed by atoms with Crippen LogP contribution in [0.4, 0.5) is 23.8 Å². The lowest BCUT2D eigenvalue weighted by atomic mass is 9.95. The van der Waals surface area contributed by atoms with Gasteiger partial charge < -0.3 is 19.3 Å². The summed E-state index contributed by atoms with van der Waals surface area (Å²) >= 11 is 6.39. The number of rotatable bonds is 6. The molecule has 3 aliphatic rings. The van der Waals surface area contributed by atoms with Crippen LogP contribution in [0.5, 0.6) is 6.01 Å². The van der Waals surface area contributed by atoms with Crippen molar-refractivity contribution in [2.45, 2.75) is 69.8 Å². The number of likely N-dealkylation sites (tertiary alicyclic amines) is 1. The number of likely N-dealkylation sites (N-methyl/N-ethyl adjacent to an activating group) is 1. The van der Waals surface area contributed by atoms with Gasteiger partial charge in [-0.1, -0.05) is 35.9 Å². The van der Waals surface area contributed by atoms with Crippen molar-refractivity contribution >= 4 is 45.2 Å². The van der Waals surface area contributed by atoms with Gasteiger partial charge in [0.05, 0.1) is 28.5 Å². The zero-order valence-electron chi connectivity index (χ0n) is 27.4. The Morgan fingerprint density at radius 1 is 1.10 bits per heavy atom. The molecule has 13 heteroatoms. The highest BCUT2D eigenvalue weighted by atomic mass is 35.5. The molecule has 48 heavy (non-hydrogen) atoms. The molecule has 4 aromatic rings. The number of anilines is 1. The number of aromatic nitrogens is 3. The number of hydrogen-bond donors (Lipinski definition) is 0. The lowest BCUT2D eigenvalue weighted by molar-refractivity contribution is 0.0283. The zero-order chi connectivity index (χ0) is 34.0. The van der Waals surface area contributed by atoms with Gasteiger partial charge in [0.15, 0.2) is 5.82 Å². The molecule has 3 fully saturated rings. The van der Waals surface area contributed by atoms with E-state index in [1.54, 1.807) is 57.0 Å². The van der Waals surface area contributed by atoms with Crippen molar-refractivity contribution in [2.75, 3.05) is 44.7 Å². The first-order valence-corrected chi connectivity index (χ1v) is 16.7. The molecule has 0 aliphatic carbocycles. The predicted octanol–water partition coefficient (Wildman–Crippen LogP) is 7.18. The predicted molar refractivity (Wildman–Crippen MR) is 178 cm³/mol. The van der Waals surface area contributed by atoms with Crippen LogP contribution in [0, 0.1) is 11.6 Å². The Hall–Kier alpha value is -3.90. The molecule has 2 atom stereocenters. The van der Waals surface area contributed by atoms with Gasteiger partial charge in [-0.25, -0.2) is 18.0 Å². The SMILES string of the molecule is CN(c1nc(OCC23CCCN2CCC3)nc2c(F)c(-c3cccc4ccc(F)c(Cl)c34)ncc12)[C@@H]1CN(C(=O)OC(C)(C)C)C[C@H]1F. The molecule has 7 rings (SSSR count).